The Labute approximate surface area is 93.1 Å². The Morgan fingerprint density at radius 1 is 1.19 bits per heavy atom. The first-order valence-corrected chi connectivity index (χ1v) is 4.64. The van der Waals surface area contributed by atoms with Gasteiger partial charge in [0, 0.05) is 12.1 Å². The maximum Gasteiger partial charge on any atom is 0.164 e. The molecular weight excluding hydrogens is 208 g/mol. The minimum Gasteiger partial charge on any atom is -0.493 e. The summed E-state index contributed by atoms with van der Waals surface area (Å²) in [5.41, 5.74) is 0. The van der Waals surface area contributed by atoms with E-state index >= 15 is 0 Å². The third-order valence-corrected chi connectivity index (χ3v) is 1.98. The van der Waals surface area contributed by atoms with Crippen LogP contribution < -0.4 is 14.3 Å². The largest absolute Gasteiger partial charge is 0.493 e. The zero-order chi connectivity index (χ0) is 11.4. The number of benzene rings is 1. The first kappa shape index (κ1) is 10.4. The number of rotatable bonds is 4. The molecule has 0 aliphatic rings. The van der Waals surface area contributed by atoms with Crippen molar-refractivity contribution in [2.24, 2.45) is 0 Å². The number of methoxy groups -OCH3 is 2. The highest BCUT2D eigenvalue weighted by molar-refractivity contribution is 5.45. The molecule has 83 valence electrons. The average molecular weight is 219 g/mol. The summed E-state index contributed by atoms with van der Waals surface area (Å²) < 4.78 is 10.3. The molecule has 0 atom stereocenters. The van der Waals surface area contributed by atoms with E-state index in [1.165, 1.54) is 11.0 Å². The van der Waals surface area contributed by atoms with Gasteiger partial charge >= 0.3 is 0 Å². The molecule has 5 nitrogen and oxygen atoms in total. The molecule has 0 aliphatic heterocycles. The first-order chi connectivity index (χ1) is 7.83. The second-order valence-electron chi connectivity index (χ2n) is 2.95. The lowest BCUT2D eigenvalue weighted by Gasteiger charge is -2.09. The highest BCUT2D eigenvalue weighted by atomic mass is 16.7. The van der Waals surface area contributed by atoms with Crippen LogP contribution in [0.15, 0.2) is 30.6 Å². The van der Waals surface area contributed by atoms with Gasteiger partial charge in [-0.05, 0) is 12.1 Å². The molecule has 16 heavy (non-hydrogen) atoms. The Bertz CT molecular complexity index is 454. The van der Waals surface area contributed by atoms with Crippen molar-refractivity contribution in [2.45, 2.75) is 0 Å². The molecular formula is C11H11N2O3. The van der Waals surface area contributed by atoms with Crippen molar-refractivity contribution < 1.29 is 14.3 Å². The number of ether oxygens (including phenoxy) is 2. The molecule has 0 saturated carbocycles. The minimum atomic E-state index is 0.606. The Hall–Kier alpha value is -2.17. The molecule has 1 heterocycles. The number of hydrogen-bond donors (Lipinski definition) is 0. The van der Waals surface area contributed by atoms with E-state index in [-0.39, 0.29) is 0 Å². The molecule has 0 spiro atoms. The van der Waals surface area contributed by atoms with Crippen molar-refractivity contribution in [1.82, 2.24) is 9.94 Å². The van der Waals surface area contributed by atoms with Gasteiger partial charge in [0.15, 0.2) is 17.2 Å². The fourth-order valence-corrected chi connectivity index (χ4v) is 1.25. The van der Waals surface area contributed by atoms with Crippen molar-refractivity contribution in [1.29, 1.82) is 0 Å². The van der Waals surface area contributed by atoms with Gasteiger partial charge in [0.1, 0.15) is 0 Å². The van der Waals surface area contributed by atoms with E-state index in [4.69, 9.17) is 14.3 Å². The Morgan fingerprint density at radius 2 is 2.00 bits per heavy atom. The van der Waals surface area contributed by atoms with E-state index in [0.717, 1.165) is 0 Å². The van der Waals surface area contributed by atoms with E-state index < -0.39 is 0 Å². The van der Waals surface area contributed by atoms with Gasteiger partial charge in [0.2, 0.25) is 0 Å². The third-order valence-electron chi connectivity index (χ3n) is 1.98. The molecule has 0 fully saturated rings. The molecule has 2 rings (SSSR count). The highest BCUT2D eigenvalue weighted by Crippen LogP contribution is 2.30. The van der Waals surface area contributed by atoms with Crippen LogP contribution in [-0.4, -0.2) is 24.2 Å². The van der Waals surface area contributed by atoms with E-state index in [1.807, 2.05) is 0 Å². The smallest absolute Gasteiger partial charge is 0.164 e. The molecule has 1 radical (unpaired) electrons. The SMILES string of the molecule is COc1ccc(On2c[c]cn2)cc1OC. The van der Waals surface area contributed by atoms with Crippen molar-refractivity contribution >= 4 is 0 Å². The van der Waals surface area contributed by atoms with Crippen LogP contribution in [0.3, 0.4) is 0 Å². The molecule has 2 aromatic rings. The number of aromatic nitrogens is 2. The van der Waals surface area contributed by atoms with Crippen molar-refractivity contribution in [3.63, 3.8) is 0 Å². The molecule has 0 amide bonds. The second kappa shape index (κ2) is 4.57. The van der Waals surface area contributed by atoms with Gasteiger partial charge in [-0.25, -0.2) is 0 Å². The summed E-state index contributed by atoms with van der Waals surface area (Å²) in [7, 11) is 3.16. The number of nitrogens with zero attached hydrogens (tertiary/aromatic N) is 2. The van der Waals surface area contributed by atoms with Gasteiger partial charge in [0.25, 0.3) is 0 Å². The molecule has 0 bridgehead atoms. The van der Waals surface area contributed by atoms with Crippen LogP contribution in [-0.2, 0) is 0 Å². The van der Waals surface area contributed by atoms with E-state index in [1.54, 1.807) is 38.6 Å². The minimum absolute atomic E-state index is 0.606. The van der Waals surface area contributed by atoms with Crippen LogP contribution in [0.4, 0.5) is 0 Å². The van der Waals surface area contributed by atoms with Crippen molar-refractivity contribution in [2.75, 3.05) is 14.2 Å². The zero-order valence-corrected chi connectivity index (χ0v) is 9.01. The molecule has 0 aliphatic carbocycles. The predicted molar refractivity (Wildman–Crippen MR) is 56.6 cm³/mol. The highest BCUT2D eigenvalue weighted by Gasteiger charge is 2.05. The maximum absolute atomic E-state index is 5.40. The summed E-state index contributed by atoms with van der Waals surface area (Å²) in [6, 6.07) is 8.03. The number of hydrogen-bond acceptors (Lipinski definition) is 4. The fourth-order valence-electron chi connectivity index (χ4n) is 1.25. The van der Waals surface area contributed by atoms with Gasteiger partial charge in [-0.2, -0.15) is 0 Å². The van der Waals surface area contributed by atoms with Gasteiger partial charge in [-0.15, -0.1) is 5.10 Å². The summed E-state index contributed by atoms with van der Waals surface area (Å²) >= 11 is 0. The second-order valence-corrected chi connectivity index (χ2v) is 2.95. The van der Waals surface area contributed by atoms with Crippen LogP contribution >= 0.6 is 0 Å². The summed E-state index contributed by atoms with van der Waals surface area (Å²) in [5, 5.41) is 3.88. The maximum atomic E-state index is 5.40. The molecule has 0 unspecified atom stereocenters. The van der Waals surface area contributed by atoms with Crippen molar-refractivity contribution in [3.05, 3.63) is 36.7 Å². The Balaban J connectivity index is 2.22. The summed E-state index contributed by atoms with van der Waals surface area (Å²) in [4.78, 5) is 6.71. The van der Waals surface area contributed by atoms with Crippen LogP contribution in [0.2, 0.25) is 0 Å². The average Bonchev–Trinajstić information content (AvgIpc) is 2.81. The summed E-state index contributed by atoms with van der Waals surface area (Å²) in [6.07, 6.45) is 3.09. The summed E-state index contributed by atoms with van der Waals surface area (Å²) in [5.74, 6) is 1.87. The normalized spacial score (nSPS) is 9.88. The van der Waals surface area contributed by atoms with E-state index in [0.29, 0.717) is 17.2 Å². The quantitative estimate of drug-likeness (QED) is 0.782. The van der Waals surface area contributed by atoms with Gasteiger partial charge in [-0.1, -0.05) is 4.85 Å². The molecule has 0 saturated heterocycles. The lowest BCUT2D eigenvalue weighted by molar-refractivity contribution is 0.177. The third kappa shape index (κ3) is 2.08. The van der Waals surface area contributed by atoms with Gasteiger partial charge < -0.3 is 14.3 Å². The zero-order valence-electron chi connectivity index (χ0n) is 9.01. The van der Waals surface area contributed by atoms with E-state index in [9.17, 15) is 0 Å². The standard InChI is InChI=1S/C11H11N2O3/c1-14-10-5-4-9(8-11(10)15-2)16-13-7-3-6-12-13/h4-8H,1-2H3. The van der Waals surface area contributed by atoms with Crippen LogP contribution in [0.25, 0.3) is 0 Å². The Kier molecular flexibility index (Phi) is 2.95. The lowest BCUT2D eigenvalue weighted by atomic mass is 10.3. The van der Waals surface area contributed by atoms with Crippen LogP contribution in [0, 0.1) is 6.07 Å². The molecule has 5 heteroatoms. The molecule has 1 aromatic heterocycles. The molecule has 1 aromatic carbocycles. The Morgan fingerprint density at radius 3 is 2.62 bits per heavy atom. The van der Waals surface area contributed by atoms with E-state index in [2.05, 4.69) is 11.2 Å². The van der Waals surface area contributed by atoms with Gasteiger partial charge in [0.05, 0.1) is 26.6 Å². The van der Waals surface area contributed by atoms with Crippen LogP contribution in [0.5, 0.6) is 17.2 Å². The molecule has 0 N–H and O–H groups in total. The summed E-state index contributed by atoms with van der Waals surface area (Å²) in [6.45, 7) is 0. The first-order valence-electron chi connectivity index (χ1n) is 4.64. The van der Waals surface area contributed by atoms with Crippen LogP contribution in [0.1, 0.15) is 0 Å². The topological polar surface area (TPSA) is 45.5 Å². The fraction of sp³-hybridized carbons (Fsp3) is 0.182. The lowest BCUT2D eigenvalue weighted by Crippen LogP contribution is -2.05. The predicted octanol–water partition coefficient (Wildman–Crippen LogP) is 1.54. The van der Waals surface area contributed by atoms with Crippen molar-refractivity contribution in [3.8, 4) is 17.2 Å². The van der Waals surface area contributed by atoms with Gasteiger partial charge in [-0.3, -0.25) is 0 Å². The monoisotopic (exact) mass is 219 g/mol.